The van der Waals surface area contributed by atoms with Crippen LogP contribution in [0.4, 0.5) is 26.1 Å². The highest BCUT2D eigenvalue weighted by Gasteiger charge is 2.13. The number of anilines is 3. The third kappa shape index (κ3) is 2.62. The summed E-state index contributed by atoms with van der Waals surface area (Å²) in [6, 6.07) is 3.69. The Balaban J connectivity index is 2.47. The zero-order chi connectivity index (χ0) is 14.0. The van der Waals surface area contributed by atoms with E-state index < -0.39 is 11.6 Å². The van der Waals surface area contributed by atoms with E-state index in [0.29, 0.717) is 23.0 Å². The van der Waals surface area contributed by atoms with E-state index in [4.69, 9.17) is 0 Å². The van der Waals surface area contributed by atoms with Crippen molar-refractivity contribution >= 4 is 17.3 Å². The van der Waals surface area contributed by atoms with E-state index in [1.54, 1.807) is 20.9 Å². The summed E-state index contributed by atoms with van der Waals surface area (Å²) in [5.41, 5.74) is 0.474. The van der Waals surface area contributed by atoms with Crippen molar-refractivity contribution in [1.29, 1.82) is 0 Å². The van der Waals surface area contributed by atoms with Crippen molar-refractivity contribution in [1.82, 2.24) is 9.97 Å². The average molecular weight is 264 g/mol. The van der Waals surface area contributed by atoms with Crippen LogP contribution in [0.15, 0.2) is 18.2 Å². The Hall–Kier alpha value is -2.24. The second kappa shape index (κ2) is 5.17. The minimum Gasteiger partial charge on any atom is -0.373 e. The molecule has 0 unspecified atom stereocenters. The van der Waals surface area contributed by atoms with E-state index in [1.807, 2.05) is 0 Å². The fraction of sp³-hybridized carbons (Fsp3) is 0.231. The Kier molecular flexibility index (Phi) is 3.59. The maximum atomic E-state index is 13.6. The molecule has 0 aliphatic heterocycles. The van der Waals surface area contributed by atoms with Crippen LogP contribution in [-0.4, -0.2) is 17.0 Å². The Morgan fingerprint density at radius 3 is 2.16 bits per heavy atom. The first-order valence-corrected chi connectivity index (χ1v) is 5.77. The predicted molar refractivity (Wildman–Crippen MR) is 70.7 cm³/mol. The monoisotopic (exact) mass is 264 g/mol. The quantitative estimate of drug-likeness (QED) is 0.894. The maximum Gasteiger partial charge on any atom is 0.149 e. The number of benzene rings is 1. The third-order valence-electron chi connectivity index (χ3n) is 2.70. The average Bonchev–Trinajstić information content (AvgIpc) is 2.37. The lowest BCUT2D eigenvalue weighted by atomic mass is 10.2. The lowest BCUT2D eigenvalue weighted by Gasteiger charge is -2.13. The van der Waals surface area contributed by atoms with Crippen molar-refractivity contribution in [3.8, 4) is 0 Å². The molecule has 100 valence electrons. The summed E-state index contributed by atoms with van der Waals surface area (Å²) in [6.07, 6.45) is 0. The summed E-state index contributed by atoms with van der Waals surface area (Å²) in [6.45, 7) is 3.48. The fourth-order valence-electron chi connectivity index (χ4n) is 1.73. The Labute approximate surface area is 109 Å². The highest BCUT2D eigenvalue weighted by molar-refractivity contribution is 5.65. The van der Waals surface area contributed by atoms with Crippen molar-refractivity contribution in [2.45, 2.75) is 13.8 Å². The molecular formula is C13H14F2N4. The van der Waals surface area contributed by atoms with Crippen LogP contribution in [0.2, 0.25) is 0 Å². The van der Waals surface area contributed by atoms with Gasteiger partial charge in [0, 0.05) is 12.6 Å². The minimum atomic E-state index is -0.665. The van der Waals surface area contributed by atoms with Crippen LogP contribution >= 0.6 is 0 Å². The van der Waals surface area contributed by atoms with Gasteiger partial charge in [0.2, 0.25) is 0 Å². The first kappa shape index (κ1) is 13.2. The van der Waals surface area contributed by atoms with Gasteiger partial charge in [-0.3, -0.25) is 0 Å². The molecule has 0 spiro atoms. The van der Waals surface area contributed by atoms with Crippen molar-refractivity contribution in [2.24, 2.45) is 0 Å². The van der Waals surface area contributed by atoms with Gasteiger partial charge in [-0.25, -0.2) is 18.7 Å². The van der Waals surface area contributed by atoms with E-state index >= 15 is 0 Å². The molecule has 4 nitrogen and oxygen atoms in total. The largest absolute Gasteiger partial charge is 0.373 e. The smallest absolute Gasteiger partial charge is 0.149 e. The lowest BCUT2D eigenvalue weighted by molar-refractivity contribution is 0.590. The van der Waals surface area contributed by atoms with Gasteiger partial charge in [0.25, 0.3) is 0 Å². The van der Waals surface area contributed by atoms with Crippen LogP contribution in [0.25, 0.3) is 0 Å². The van der Waals surface area contributed by atoms with E-state index in [-0.39, 0.29) is 5.69 Å². The summed E-state index contributed by atoms with van der Waals surface area (Å²) in [4.78, 5) is 8.35. The molecule has 19 heavy (non-hydrogen) atoms. The molecular weight excluding hydrogens is 250 g/mol. The zero-order valence-electron chi connectivity index (χ0n) is 10.9. The molecule has 1 heterocycles. The molecule has 0 atom stereocenters. The number of hydrogen-bond donors (Lipinski definition) is 2. The summed E-state index contributed by atoms with van der Waals surface area (Å²) >= 11 is 0. The molecule has 0 aliphatic rings. The lowest BCUT2D eigenvalue weighted by Crippen LogP contribution is -2.07. The van der Waals surface area contributed by atoms with Crippen LogP contribution < -0.4 is 10.6 Å². The summed E-state index contributed by atoms with van der Waals surface area (Å²) in [5.74, 6) is 0.171. The second-order valence-electron chi connectivity index (χ2n) is 4.06. The number of nitrogens with zero attached hydrogens (tertiary/aromatic N) is 2. The Morgan fingerprint density at radius 2 is 1.58 bits per heavy atom. The molecule has 0 saturated carbocycles. The molecule has 2 N–H and O–H groups in total. The van der Waals surface area contributed by atoms with E-state index in [2.05, 4.69) is 20.6 Å². The van der Waals surface area contributed by atoms with Gasteiger partial charge < -0.3 is 10.6 Å². The van der Waals surface area contributed by atoms with Gasteiger partial charge in [-0.1, -0.05) is 6.07 Å². The summed E-state index contributed by atoms with van der Waals surface area (Å²) in [7, 11) is 1.72. The molecule has 2 rings (SSSR count). The first-order chi connectivity index (χ1) is 9.02. The van der Waals surface area contributed by atoms with Crippen LogP contribution in [-0.2, 0) is 0 Å². The standard InChI is InChI=1S/C13H14F2N4/c1-7-12(16-3)17-8(2)18-13(7)19-11-9(14)5-4-6-10(11)15/h4-6H,1-3H3,(H2,16,17,18,19). The van der Waals surface area contributed by atoms with Crippen LogP contribution in [0, 0.1) is 25.5 Å². The molecule has 0 bridgehead atoms. The minimum absolute atomic E-state index is 0.217. The number of rotatable bonds is 3. The van der Waals surface area contributed by atoms with Crippen molar-refractivity contribution in [2.75, 3.05) is 17.7 Å². The predicted octanol–water partition coefficient (Wildman–Crippen LogP) is 3.16. The zero-order valence-corrected chi connectivity index (χ0v) is 10.9. The van der Waals surface area contributed by atoms with Gasteiger partial charge in [0.1, 0.15) is 34.8 Å². The molecule has 0 radical (unpaired) electrons. The Bertz CT molecular complexity index is 594. The fourth-order valence-corrected chi connectivity index (χ4v) is 1.73. The molecule has 0 amide bonds. The molecule has 0 aliphatic carbocycles. The van der Waals surface area contributed by atoms with Gasteiger partial charge in [0.05, 0.1) is 0 Å². The number of para-hydroxylation sites is 1. The molecule has 6 heteroatoms. The van der Waals surface area contributed by atoms with Crippen LogP contribution in [0.1, 0.15) is 11.4 Å². The molecule has 0 saturated heterocycles. The molecule has 0 fully saturated rings. The summed E-state index contributed by atoms with van der Waals surface area (Å²) < 4.78 is 27.2. The van der Waals surface area contributed by atoms with E-state index in [0.717, 1.165) is 0 Å². The maximum absolute atomic E-state index is 13.6. The third-order valence-corrected chi connectivity index (χ3v) is 2.70. The summed E-state index contributed by atoms with van der Waals surface area (Å²) in [5, 5.41) is 5.60. The molecule has 1 aromatic heterocycles. The van der Waals surface area contributed by atoms with Gasteiger partial charge in [-0.2, -0.15) is 0 Å². The van der Waals surface area contributed by atoms with Crippen LogP contribution in [0.5, 0.6) is 0 Å². The highest BCUT2D eigenvalue weighted by Crippen LogP contribution is 2.26. The van der Waals surface area contributed by atoms with Crippen molar-refractivity contribution < 1.29 is 8.78 Å². The molecule has 2 aromatic rings. The number of aromatic nitrogens is 2. The SMILES string of the molecule is CNc1nc(C)nc(Nc2c(F)cccc2F)c1C. The highest BCUT2D eigenvalue weighted by atomic mass is 19.1. The van der Waals surface area contributed by atoms with E-state index in [1.165, 1.54) is 18.2 Å². The topological polar surface area (TPSA) is 49.8 Å². The van der Waals surface area contributed by atoms with Gasteiger partial charge in [0.15, 0.2) is 0 Å². The van der Waals surface area contributed by atoms with Crippen molar-refractivity contribution in [3.05, 3.63) is 41.2 Å². The van der Waals surface area contributed by atoms with E-state index in [9.17, 15) is 8.78 Å². The Morgan fingerprint density at radius 1 is 1.00 bits per heavy atom. The normalized spacial score (nSPS) is 10.4. The second-order valence-corrected chi connectivity index (χ2v) is 4.06. The number of nitrogens with one attached hydrogen (secondary N) is 2. The van der Waals surface area contributed by atoms with Gasteiger partial charge >= 0.3 is 0 Å². The van der Waals surface area contributed by atoms with Crippen LogP contribution in [0.3, 0.4) is 0 Å². The number of aryl methyl sites for hydroxylation is 1. The first-order valence-electron chi connectivity index (χ1n) is 5.77. The van der Waals surface area contributed by atoms with Crippen molar-refractivity contribution in [3.63, 3.8) is 0 Å². The van der Waals surface area contributed by atoms with Gasteiger partial charge in [-0.15, -0.1) is 0 Å². The van der Waals surface area contributed by atoms with Gasteiger partial charge in [-0.05, 0) is 26.0 Å². The number of halogens is 2. The molecule has 1 aromatic carbocycles. The number of hydrogen-bond acceptors (Lipinski definition) is 4.